The molecule has 1 aromatic carbocycles. The molecule has 1 fully saturated rings. The Hall–Kier alpha value is -2.71. The van der Waals surface area contributed by atoms with Crippen LogP contribution in [0, 0.1) is 0 Å². The summed E-state index contributed by atoms with van der Waals surface area (Å²) in [5.74, 6) is 2.62. The molecule has 8 nitrogen and oxygen atoms in total. The number of benzene rings is 1. The van der Waals surface area contributed by atoms with Gasteiger partial charge in [-0.2, -0.15) is 0 Å². The number of carbonyl (C=O) groups is 1. The maximum Gasteiger partial charge on any atom is 0.220 e. The monoisotopic (exact) mass is 439 g/mol. The molecule has 1 N–H and O–H groups in total. The predicted octanol–water partition coefficient (Wildman–Crippen LogP) is 2.92. The Morgan fingerprint density at radius 3 is 2.81 bits per heavy atom. The summed E-state index contributed by atoms with van der Waals surface area (Å²) in [5.41, 5.74) is 4.52. The van der Waals surface area contributed by atoms with E-state index in [1.54, 1.807) is 21.1 Å². The van der Waals surface area contributed by atoms with Crippen LogP contribution in [0.4, 0.5) is 5.82 Å². The van der Waals surface area contributed by atoms with E-state index in [4.69, 9.17) is 19.4 Å². The highest BCUT2D eigenvalue weighted by atomic mass is 16.5. The lowest BCUT2D eigenvalue weighted by Crippen LogP contribution is -2.33. The smallest absolute Gasteiger partial charge is 0.220 e. The van der Waals surface area contributed by atoms with Crippen LogP contribution in [-0.2, 0) is 35.6 Å². The number of nitrogens with one attached hydrogen (secondary N) is 1. The van der Waals surface area contributed by atoms with Crippen molar-refractivity contribution < 1.29 is 14.3 Å². The quantitative estimate of drug-likeness (QED) is 0.711. The molecule has 0 aliphatic carbocycles. The minimum atomic E-state index is -0.0179. The number of hydrogen-bond donors (Lipinski definition) is 1. The van der Waals surface area contributed by atoms with Crippen LogP contribution in [0.2, 0.25) is 0 Å². The average molecular weight is 440 g/mol. The molecule has 1 aromatic heterocycles. The summed E-state index contributed by atoms with van der Waals surface area (Å²) in [6.45, 7) is 5.46. The van der Waals surface area contributed by atoms with Gasteiger partial charge in [-0.25, -0.2) is 9.97 Å². The Morgan fingerprint density at radius 2 is 2.09 bits per heavy atom. The molecule has 172 valence electrons. The van der Waals surface area contributed by atoms with Gasteiger partial charge >= 0.3 is 0 Å². The van der Waals surface area contributed by atoms with E-state index in [9.17, 15) is 4.79 Å². The molecule has 3 heterocycles. The van der Waals surface area contributed by atoms with Crippen LogP contribution in [0.1, 0.15) is 54.0 Å². The van der Waals surface area contributed by atoms with Gasteiger partial charge in [0.15, 0.2) is 5.82 Å². The number of likely N-dealkylation sites (tertiary alicyclic amines) is 1. The highest BCUT2D eigenvalue weighted by Gasteiger charge is 2.32. The summed E-state index contributed by atoms with van der Waals surface area (Å²) in [6, 6.07) is 6.19. The van der Waals surface area contributed by atoms with Gasteiger partial charge in [-0.1, -0.05) is 6.07 Å². The minimum absolute atomic E-state index is 0.0179. The van der Waals surface area contributed by atoms with E-state index in [2.05, 4.69) is 16.3 Å². The van der Waals surface area contributed by atoms with Gasteiger partial charge in [0.05, 0.1) is 25.5 Å². The highest BCUT2D eigenvalue weighted by Crippen LogP contribution is 2.33. The van der Waals surface area contributed by atoms with E-state index < -0.39 is 0 Å². The second-order valence-electron chi connectivity index (χ2n) is 8.52. The first-order valence-electron chi connectivity index (χ1n) is 11.3. The van der Waals surface area contributed by atoms with Crippen molar-refractivity contribution in [1.29, 1.82) is 0 Å². The van der Waals surface area contributed by atoms with E-state index in [-0.39, 0.29) is 11.9 Å². The van der Waals surface area contributed by atoms with Gasteiger partial charge in [0.2, 0.25) is 5.91 Å². The van der Waals surface area contributed by atoms with Crippen molar-refractivity contribution in [3.05, 3.63) is 46.4 Å². The zero-order chi connectivity index (χ0) is 22.7. The van der Waals surface area contributed by atoms with Crippen LogP contribution in [0.5, 0.6) is 5.75 Å². The average Bonchev–Trinajstić information content (AvgIpc) is 3.29. The number of anilines is 1. The van der Waals surface area contributed by atoms with Crippen LogP contribution in [0.3, 0.4) is 0 Å². The molecular weight excluding hydrogens is 406 g/mol. The third kappa shape index (κ3) is 4.56. The van der Waals surface area contributed by atoms with E-state index in [1.807, 2.05) is 24.1 Å². The molecule has 0 saturated carbocycles. The van der Waals surface area contributed by atoms with E-state index in [0.717, 1.165) is 85.2 Å². The maximum atomic E-state index is 12.0. The van der Waals surface area contributed by atoms with Crippen molar-refractivity contribution in [2.24, 2.45) is 0 Å². The number of ether oxygens (including phenoxy) is 2. The van der Waals surface area contributed by atoms with Crippen LogP contribution in [0.25, 0.3) is 0 Å². The number of fused-ring (bicyclic) bond motifs is 1. The van der Waals surface area contributed by atoms with E-state index in [1.165, 1.54) is 0 Å². The summed E-state index contributed by atoms with van der Waals surface area (Å²) in [6.07, 6.45) is 2.77. The van der Waals surface area contributed by atoms with Gasteiger partial charge in [-0.15, -0.1) is 0 Å². The highest BCUT2D eigenvalue weighted by molar-refractivity contribution is 5.74. The molecule has 0 spiro atoms. The minimum Gasteiger partial charge on any atom is -0.496 e. The van der Waals surface area contributed by atoms with Gasteiger partial charge in [-0.3, -0.25) is 9.69 Å². The molecule has 1 atom stereocenters. The van der Waals surface area contributed by atoms with Gasteiger partial charge in [0.1, 0.15) is 11.6 Å². The number of aromatic nitrogens is 2. The number of hydrogen-bond acceptors (Lipinski definition) is 7. The third-order valence-corrected chi connectivity index (χ3v) is 6.40. The normalized spacial score (nSPS) is 18.5. The second kappa shape index (κ2) is 9.83. The van der Waals surface area contributed by atoms with Crippen molar-refractivity contribution in [3.63, 3.8) is 0 Å². The molecule has 2 aliphatic rings. The SMILES string of the molecule is CNc1nc([C@@H]2CCCN2C(C)=O)nc2c1CN(Cc1cc(COC)ccc1OC)CC2. The van der Waals surface area contributed by atoms with Crippen molar-refractivity contribution >= 4 is 11.7 Å². The molecule has 0 unspecified atom stereocenters. The van der Waals surface area contributed by atoms with Gasteiger partial charge in [-0.05, 0) is 30.5 Å². The molecule has 8 heteroatoms. The van der Waals surface area contributed by atoms with Gasteiger partial charge < -0.3 is 19.7 Å². The molecule has 2 aromatic rings. The zero-order valence-electron chi connectivity index (χ0n) is 19.5. The Morgan fingerprint density at radius 1 is 1.25 bits per heavy atom. The van der Waals surface area contributed by atoms with Crippen molar-refractivity contribution in [2.45, 2.75) is 51.9 Å². The Bertz CT molecular complexity index is 963. The lowest BCUT2D eigenvalue weighted by Gasteiger charge is -2.31. The first kappa shape index (κ1) is 22.5. The van der Waals surface area contributed by atoms with Gasteiger partial charge in [0.25, 0.3) is 0 Å². The molecular formula is C24H33N5O3. The summed E-state index contributed by atoms with van der Waals surface area (Å²) in [4.78, 5) is 26.1. The standard InChI is InChI=1S/C24H33N5O3/c1-16(30)29-10-5-6-21(29)24-26-20-9-11-28(14-19(20)23(25-2)27-24)13-18-12-17(15-31-3)7-8-22(18)32-4/h7-8,12,21H,5-6,9-11,13-15H2,1-4H3,(H,25,26,27)/t21-/m0/s1. The molecule has 1 saturated heterocycles. The van der Waals surface area contributed by atoms with Crippen LogP contribution in [-0.4, -0.2) is 60.0 Å². The summed E-state index contributed by atoms with van der Waals surface area (Å²) in [7, 11) is 5.32. The predicted molar refractivity (Wildman–Crippen MR) is 122 cm³/mol. The topological polar surface area (TPSA) is 79.8 Å². The first-order valence-corrected chi connectivity index (χ1v) is 11.3. The zero-order valence-corrected chi connectivity index (χ0v) is 19.5. The van der Waals surface area contributed by atoms with Crippen molar-refractivity contribution in [2.75, 3.05) is 39.7 Å². The molecule has 0 radical (unpaired) electrons. The molecule has 1 amide bonds. The molecule has 4 rings (SSSR count). The van der Waals surface area contributed by atoms with Crippen molar-refractivity contribution in [3.8, 4) is 5.75 Å². The first-order chi connectivity index (χ1) is 15.5. The van der Waals surface area contributed by atoms with Crippen LogP contribution in [0.15, 0.2) is 18.2 Å². The number of methoxy groups -OCH3 is 2. The summed E-state index contributed by atoms with van der Waals surface area (Å²) >= 11 is 0. The van der Waals surface area contributed by atoms with Crippen LogP contribution >= 0.6 is 0 Å². The maximum absolute atomic E-state index is 12.0. The fourth-order valence-electron chi connectivity index (χ4n) is 4.84. The lowest BCUT2D eigenvalue weighted by molar-refractivity contribution is -0.129. The number of carbonyl (C=O) groups excluding carboxylic acids is 1. The summed E-state index contributed by atoms with van der Waals surface area (Å²) < 4.78 is 10.9. The van der Waals surface area contributed by atoms with E-state index in [0.29, 0.717) is 6.61 Å². The number of nitrogens with zero attached hydrogens (tertiary/aromatic N) is 4. The Labute approximate surface area is 189 Å². The molecule has 32 heavy (non-hydrogen) atoms. The largest absolute Gasteiger partial charge is 0.496 e. The van der Waals surface area contributed by atoms with Gasteiger partial charge in [0, 0.05) is 64.8 Å². The Balaban J connectivity index is 1.57. The van der Waals surface area contributed by atoms with Crippen molar-refractivity contribution in [1.82, 2.24) is 19.8 Å². The molecule has 0 bridgehead atoms. The third-order valence-electron chi connectivity index (χ3n) is 6.40. The fraction of sp³-hybridized carbons (Fsp3) is 0.542. The Kier molecular flexibility index (Phi) is 6.91. The fourth-order valence-corrected chi connectivity index (χ4v) is 4.84. The van der Waals surface area contributed by atoms with Crippen LogP contribution < -0.4 is 10.1 Å². The second-order valence-corrected chi connectivity index (χ2v) is 8.52. The number of amides is 1. The number of rotatable bonds is 7. The summed E-state index contributed by atoms with van der Waals surface area (Å²) in [5, 5.41) is 3.27. The molecule has 2 aliphatic heterocycles. The lowest BCUT2D eigenvalue weighted by atomic mass is 10.0. The van der Waals surface area contributed by atoms with E-state index >= 15 is 0 Å².